The number of nitrogens with zero attached hydrogens (tertiary/aromatic N) is 1. The van der Waals surface area contributed by atoms with Crippen molar-refractivity contribution in [2.75, 3.05) is 20.7 Å². The normalized spacial score (nSPS) is 28.2. The average Bonchev–Trinajstić information content (AvgIpc) is 3.73. The quantitative estimate of drug-likeness (QED) is 0.302. The van der Waals surface area contributed by atoms with Crippen LogP contribution >= 0.6 is 0 Å². The molecule has 8 heteroatoms. The molecule has 0 unspecified atom stereocenters. The van der Waals surface area contributed by atoms with Crippen LogP contribution in [0.3, 0.4) is 0 Å². The molecule has 0 radical (unpaired) electrons. The fraction of sp³-hybridized carbons (Fsp3) is 0.528. The van der Waals surface area contributed by atoms with Crippen LogP contribution in [0.1, 0.15) is 65.7 Å². The van der Waals surface area contributed by atoms with E-state index in [1.54, 1.807) is 4.90 Å². The first-order valence-corrected chi connectivity index (χ1v) is 18.1. The highest BCUT2D eigenvalue weighted by Gasteiger charge is 2.62. The Balaban J connectivity index is 1.51. The molecule has 2 aromatic rings. The maximum atomic E-state index is 14.2. The van der Waals surface area contributed by atoms with Crippen LogP contribution in [0.15, 0.2) is 72.8 Å². The summed E-state index contributed by atoms with van der Waals surface area (Å²) in [5, 5.41) is 5.26. The van der Waals surface area contributed by atoms with Gasteiger partial charge >= 0.3 is 5.97 Å². The van der Waals surface area contributed by atoms with E-state index < -0.39 is 31.7 Å². The molecule has 0 spiro atoms. The molecule has 236 valence electrons. The van der Waals surface area contributed by atoms with Gasteiger partial charge in [-0.1, -0.05) is 93.6 Å². The van der Waals surface area contributed by atoms with Gasteiger partial charge in [-0.15, -0.1) is 0 Å². The van der Waals surface area contributed by atoms with Crippen LogP contribution in [0, 0.1) is 17.8 Å². The lowest BCUT2D eigenvalue weighted by Gasteiger charge is -2.47. The molecule has 5 atom stereocenters. The zero-order valence-corrected chi connectivity index (χ0v) is 27.9. The van der Waals surface area contributed by atoms with E-state index in [1.807, 2.05) is 25.3 Å². The van der Waals surface area contributed by atoms with Crippen LogP contribution in [0.2, 0.25) is 5.04 Å². The van der Waals surface area contributed by atoms with E-state index in [0.29, 0.717) is 32.2 Å². The van der Waals surface area contributed by atoms with E-state index in [0.717, 1.165) is 19.3 Å². The lowest BCUT2D eigenvalue weighted by molar-refractivity contribution is -0.149. The Kier molecular flexibility index (Phi) is 9.51. The molecule has 3 aliphatic rings. The number of amides is 2. The number of esters is 1. The first-order valence-electron chi connectivity index (χ1n) is 16.1. The van der Waals surface area contributed by atoms with Gasteiger partial charge in [0.25, 0.3) is 8.32 Å². The van der Waals surface area contributed by atoms with Crippen LogP contribution in [-0.2, 0) is 23.5 Å². The van der Waals surface area contributed by atoms with Crippen molar-refractivity contribution in [1.82, 2.24) is 10.2 Å². The van der Waals surface area contributed by atoms with Crippen molar-refractivity contribution in [3.05, 3.63) is 72.8 Å². The lowest BCUT2D eigenvalue weighted by Crippen LogP contribution is -2.68. The molecule has 1 N–H and O–H groups in total. The highest BCUT2D eigenvalue weighted by Crippen LogP contribution is 2.47. The lowest BCUT2D eigenvalue weighted by atomic mass is 9.76. The fourth-order valence-corrected chi connectivity index (χ4v) is 12.2. The molecule has 2 amide bonds. The fourth-order valence-electron chi connectivity index (χ4n) is 7.47. The predicted octanol–water partition coefficient (Wildman–Crippen LogP) is 4.59. The number of hydrogen-bond donors (Lipinski definition) is 1. The maximum absolute atomic E-state index is 14.2. The number of carbonyl (C=O) groups is 3. The van der Waals surface area contributed by atoms with Gasteiger partial charge in [0.05, 0.1) is 13.0 Å². The van der Waals surface area contributed by atoms with Crippen molar-refractivity contribution in [2.24, 2.45) is 17.8 Å². The molecule has 5 rings (SSSR count). The Labute approximate surface area is 263 Å². The van der Waals surface area contributed by atoms with E-state index in [4.69, 9.17) is 9.16 Å². The number of nitrogens with one attached hydrogen (secondary N) is 1. The van der Waals surface area contributed by atoms with Gasteiger partial charge in [0, 0.05) is 31.5 Å². The largest absolute Gasteiger partial charge is 0.467 e. The summed E-state index contributed by atoms with van der Waals surface area (Å²) >= 11 is 0. The summed E-state index contributed by atoms with van der Waals surface area (Å²) in [6.45, 7) is 7.41. The molecule has 1 aliphatic heterocycles. The van der Waals surface area contributed by atoms with Gasteiger partial charge in [-0.05, 0) is 60.4 Å². The minimum Gasteiger partial charge on any atom is -0.467 e. The van der Waals surface area contributed by atoms with Crippen molar-refractivity contribution < 1.29 is 23.5 Å². The van der Waals surface area contributed by atoms with Crippen molar-refractivity contribution in [2.45, 2.75) is 82.4 Å². The number of methoxy groups -OCH3 is 1. The molecule has 44 heavy (non-hydrogen) atoms. The molecule has 0 bridgehead atoms. The van der Waals surface area contributed by atoms with E-state index >= 15 is 0 Å². The molecule has 2 aromatic carbocycles. The summed E-state index contributed by atoms with van der Waals surface area (Å²) in [7, 11) is 0.341. The predicted molar refractivity (Wildman–Crippen MR) is 175 cm³/mol. The van der Waals surface area contributed by atoms with Crippen LogP contribution in [0.5, 0.6) is 0 Å². The monoisotopic (exact) mass is 616 g/mol. The SMILES string of the molecule is COC(=O)[C@@]12C[C@H]1C=CCCCCN(C)C(=O)[C@@H]1CC[C@@H](O[Si](c3ccccc3)(c3ccccc3)C(C)(C)C)C[C@H]1C(=O)N2. The van der Waals surface area contributed by atoms with Gasteiger partial charge in [-0.3, -0.25) is 9.59 Å². The minimum absolute atomic E-state index is 0.00103. The Hall–Kier alpha value is -3.23. The highest BCUT2D eigenvalue weighted by molar-refractivity contribution is 6.99. The highest BCUT2D eigenvalue weighted by atomic mass is 28.4. The zero-order valence-electron chi connectivity index (χ0n) is 26.9. The second-order valence-corrected chi connectivity index (χ2v) is 18.1. The number of allylic oxidation sites excluding steroid dienone is 1. The van der Waals surface area contributed by atoms with E-state index in [2.05, 4.69) is 80.7 Å². The average molecular weight is 617 g/mol. The topological polar surface area (TPSA) is 84.9 Å². The van der Waals surface area contributed by atoms with E-state index in [-0.39, 0.29) is 28.9 Å². The smallest absolute Gasteiger partial charge is 0.332 e. The molecule has 2 saturated carbocycles. The third-order valence-corrected chi connectivity index (χ3v) is 15.1. The molecule has 2 aliphatic carbocycles. The van der Waals surface area contributed by atoms with Gasteiger partial charge in [0.15, 0.2) is 0 Å². The summed E-state index contributed by atoms with van der Waals surface area (Å²) in [4.78, 5) is 42.9. The molecule has 0 aromatic heterocycles. The van der Waals surface area contributed by atoms with Crippen LogP contribution < -0.4 is 15.7 Å². The van der Waals surface area contributed by atoms with Crippen molar-refractivity contribution in [3.8, 4) is 0 Å². The zero-order chi connectivity index (χ0) is 31.5. The van der Waals surface area contributed by atoms with Gasteiger partial charge in [0.2, 0.25) is 11.8 Å². The Morgan fingerprint density at radius 2 is 1.59 bits per heavy atom. The molecular weight excluding hydrogens is 568 g/mol. The third-order valence-electron chi connectivity index (χ3n) is 9.99. The molecular formula is C36H48N2O5Si. The Bertz CT molecular complexity index is 1320. The van der Waals surface area contributed by atoms with Crippen LogP contribution in [0.4, 0.5) is 0 Å². The maximum Gasteiger partial charge on any atom is 0.332 e. The molecule has 7 nitrogen and oxygen atoms in total. The van der Waals surface area contributed by atoms with Crippen molar-refractivity contribution in [3.63, 3.8) is 0 Å². The van der Waals surface area contributed by atoms with Gasteiger partial charge in [-0.25, -0.2) is 4.79 Å². The van der Waals surface area contributed by atoms with Crippen LogP contribution in [0.25, 0.3) is 0 Å². The second kappa shape index (κ2) is 13.0. The first-order chi connectivity index (χ1) is 21.0. The summed E-state index contributed by atoms with van der Waals surface area (Å²) in [5.74, 6) is -1.87. The summed E-state index contributed by atoms with van der Waals surface area (Å²) in [6, 6.07) is 21.0. The molecule has 1 heterocycles. The standard InChI is InChI=1S/C36H48N2O5Si/c1-35(2,3)44(28-17-11-8-12-18-28,29-19-13-9-14-20-29)43-27-21-22-30-31(24-27)32(39)37-36(34(41)42-5)25-26(36)16-10-6-7-15-23-38(4)33(30)40/h8-14,16-20,26-27,30-31H,6-7,15,21-25H2,1-5H3,(H,37,39)/t26-,27-,30-,31-,36-/m1/s1. The van der Waals surface area contributed by atoms with Crippen LogP contribution in [-0.4, -0.2) is 63.3 Å². The number of rotatable bonds is 5. The molecule has 0 saturated heterocycles. The Morgan fingerprint density at radius 1 is 0.955 bits per heavy atom. The summed E-state index contributed by atoms with van der Waals surface area (Å²) in [6.07, 6.45) is 8.80. The van der Waals surface area contributed by atoms with Gasteiger partial charge in [0.1, 0.15) is 5.54 Å². The first kappa shape index (κ1) is 32.2. The summed E-state index contributed by atoms with van der Waals surface area (Å²) < 4.78 is 12.6. The minimum atomic E-state index is -2.87. The second-order valence-electron chi connectivity index (χ2n) is 13.9. The number of hydrogen-bond acceptors (Lipinski definition) is 5. The van der Waals surface area contributed by atoms with Crippen molar-refractivity contribution in [1.29, 1.82) is 0 Å². The third kappa shape index (κ3) is 6.16. The van der Waals surface area contributed by atoms with Gasteiger partial charge in [-0.2, -0.15) is 0 Å². The van der Waals surface area contributed by atoms with E-state index in [9.17, 15) is 14.4 Å². The number of fused-ring (bicyclic) bond motifs is 2. The summed E-state index contributed by atoms with van der Waals surface area (Å²) in [5.41, 5.74) is -1.07. The number of carbonyl (C=O) groups excluding carboxylic acids is 3. The van der Waals surface area contributed by atoms with Gasteiger partial charge < -0.3 is 19.4 Å². The Morgan fingerprint density at radius 3 is 2.18 bits per heavy atom. The number of benzene rings is 2. The molecule has 2 fully saturated rings. The van der Waals surface area contributed by atoms with E-state index in [1.165, 1.54) is 17.5 Å². The van der Waals surface area contributed by atoms with Crippen molar-refractivity contribution >= 4 is 36.5 Å². The number of ether oxygens (including phenoxy) is 1.